The first-order valence-corrected chi connectivity index (χ1v) is 10.8. The van der Waals surface area contributed by atoms with Crippen molar-refractivity contribution in [1.82, 2.24) is 14.5 Å². The maximum Gasteiger partial charge on any atom is 0.242 e. The Morgan fingerprint density at radius 2 is 1.65 bits per heavy atom. The second kappa shape index (κ2) is 7.66. The van der Waals surface area contributed by atoms with E-state index in [-0.39, 0.29) is 16.7 Å². The third kappa shape index (κ3) is 3.80. The number of likely N-dealkylation sites (tertiary alicyclic amines) is 1. The Hall–Kier alpha value is -1.44. The fourth-order valence-electron chi connectivity index (χ4n) is 3.99. The molecule has 7 heteroatoms. The van der Waals surface area contributed by atoms with Gasteiger partial charge in [0, 0.05) is 27.2 Å². The Morgan fingerprint density at radius 3 is 2.15 bits per heavy atom. The van der Waals surface area contributed by atoms with Gasteiger partial charge in [0.05, 0.1) is 10.8 Å². The summed E-state index contributed by atoms with van der Waals surface area (Å²) in [5, 5.41) is 3.45. The number of rotatable bonds is 4. The molecular weight excluding hydrogens is 350 g/mol. The van der Waals surface area contributed by atoms with Crippen LogP contribution < -0.4 is 5.32 Å². The normalized spacial score (nSPS) is 25.0. The molecule has 0 radical (unpaired) electrons. The second-order valence-electron chi connectivity index (χ2n) is 7.66. The summed E-state index contributed by atoms with van der Waals surface area (Å²) in [5.41, 5.74) is 0.860. The van der Waals surface area contributed by atoms with Gasteiger partial charge in [0.1, 0.15) is 0 Å². The molecule has 2 fully saturated rings. The number of carbonyl (C=O) groups excluding carboxylic acids is 1. The van der Waals surface area contributed by atoms with Crippen molar-refractivity contribution in [1.29, 1.82) is 0 Å². The minimum absolute atomic E-state index is 0.140. The Kier molecular flexibility index (Phi) is 5.69. The molecule has 3 rings (SSSR count). The van der Waals surface area contributed by atoms with Gasteiger partial charge in [-0.3, -0.25) is 4.79 Å². The van der Waals surface area contributed by atoms with Crippen molar-refractivity contribution in [3.63, 3.8) is 0 Å². The zero-order valence-electron chi connectivity index (χ0n) is 15.8. The zero-order valence-corrected chi connectivity index (χ0v) is 16.6. The van der Waals surface area contributed by atoms with Gasteiger partial charge in [-0.05, 0) is 62.4 Å². The van der Waals surface area contributed by atoms with Crippen molar-refractivity contribution < 1.29 is 13.2 Å². The SMILES string of the molecule is CC(C(=O)N1CC[C@@H]2CNC[C@@H]2CC1)c1ccc(S(=O)(=O)N(C)C)cc1. The fraction of sp³-hybridized carbons (Fsp3) is 0.632. The number of amides is 1. The quantitative estimate of drug-likeness (QED) is 0.861. The second-order valence-corrected chi connectivity index (χ2v) is 9.81. The van der Waals surface area contributed by atoms with Crippen LogP contribution in [0, 0.1) is 11.8 Å². The van der Waals surface area contributed by atoms with E-state index < -0.39 is 10.0 Å². The topological polar surface area (TPSA) is 69.7 Å². The molecule has 144 valence electrons. The first-order valence-electron chi connectivity index (χ1n) is 9.32. The molecule has 2 aliphatic heterocycles. The standard InChI is InChI=1S/C19H29N3O3S/c1-14(15-4-6-18(7-5-15)26(24,25)21(2)3)19(23)22-10-8-16-12-20-13-17(16)9-11-22/h4-7,14,16-17,20H,8-13H2,1-3H3/t14?,16-,17+. The van der Waals surface area contributed by atoms with Crippen molar-refractivity contribution >= 4 is 15.9 Å². The smallest absolute Gasteiger partial charge is 0.242 e. The average Bonchev–Trinajstić information content (AvgIpc) is 2.99. The molecule has 0 aromatic heterocycles. The minimum atomic E-state index is -3.44. The van der Waals surface area contributed by atoms with Gasteiger partial charge in [0.2, 0.25) is 15.9 Å². The van der Waals surface area contributed by atoms with E-state index >= 15 is 0 Å². The molecule has 6 nitrogen and oxygen atoms in total. The van der Waals surface area contributed by atoms with Crippen molar-refractivity contribution in [2.45, 2.75) is 30.6 Å². The molecule has 1 amide bonds. The first kappa shape index (κ1) is 19.3. The number of nitrogens with one attached hydrogen (secondary N) is 1. The van der Waals surface area contributed by atoms with Gasteiger partial charge in [0.25, 0.3) is 0 Å². The molecule has 2 heterocycles. The van der Waals surface area contributed by atoms with E-state index in [0.717, 1.165) is 44.6 Å². The van der Waals surface area contributed by atoms with Crippen LogP contribution in [0.25, 0.3) is 0 Å². The van der Waals surface area contributed by atoms with E-state index in [0.29, 0.717) is 11.8 Å². The molecule has 0 bridgehead atoms. The number of fused-ring (bicyclic) bond motifs is 1. The zero-order chi connectivity index (χ0) is 18.9. The Morgan fingerprint density at radius 1 is 1.12 bits per heavy atom. The number of carbonyl (C=O) groups is 1. The Balaban J connectivity index is 1.68. The number of sulfonamides is 1. The summed E-state index contributed by atoms with van der Waals surface area (Å²) in [5.74, 6) is 1.26. The summed E-state index contributed by atoms with van der Waals surface area (Å²) in [6, 6.07) is 6.70. The van der Waals surface area contributed by atoms with Gasteiger partial charge < -0.3 is 10.2 Å². The number of nitrogens with zero attached hydrogens (tertiary/aromatic N) is 2. The van der Waals surface area contributed by atoms with Crippen molar-refractivity contribution in [3.05, 3.63) is 29.8 Å². The van der Waals surface area contributed by atoms with Crippen LogP contribution in [-0.4, -0.2) is 63.8 Å². The van der Waals surface area contributed by atoms with Crippen molar-refractivity contribution in [3.8, 4) is 0 Å². The van der Waals surface area contributed by atoms with Gasteiger partial charge in [-0.2, -0.15) is 0 Å². The lowest BCUT2D eigenvalue weighted by molar-refractivity contribution is -0.132. The molecule has 1 aromatic rings. The molecule has 2 aliphatic rings. The van der Waals surface area contributed by atoms with Crippen LogP contribution in [0.1, 0.15) is 31.2 Å². The predicted octanol–water partition coefficient (Wildman–Crippen LogP) is 1.50. The van der Waals surface area contributed by atoms with Gasteiger partial charge in [-0.25, -0.2) is 12.7 Å². The van der Waals surface area contributed by atoms with E-state index in [2.05, 4.69) is 5.32 Å². The van der Waals surface area contributed by atoms with E-state index in [1.165, 1.54) is 18.4 Å². The van der Waals surface area contributed by atoms with Crippen LogP contribution in [0.3, 0.4) is 0 Å². The van der Waals surface area contributed by atoms with E-state index in [4.69, 9.17) is 0 Å². The number of hydrogen-bond donors (Lipinski definition) is 1. The van der Waals surface area contributed by atoms with Gasteiger partial charge in [-0.15, -0.1) is 0 Å². The molecule has 0 aliphatic carbocycles. The summed E-state index contributed by atoms with van der Waals surface area (Å²) < 4.78 is 25.5. The lowest BCUT2D eigenvalue weighted by atomic mass is 9.92. The number of benzene rings is 1. The Bertz CT molecular complexity index is 732. The fourth-order valence-corrected chi connectivity index (χ4v) is 4.90. The summed E-state index contributed by atoms with van der Waals surface area (Å²) in [7, 11) is -0.415. The van der Waals surface area contributed by atoms with Crippen LogP contribution in [-0.2, 0) is 14.8 Å². The number of hydrogen-bond acceptors (Lipinski definition) is 4. The van der Waals surface area contributed by atoms with E-state index in [9.17, 15) is 13.2 Å². The van der Waals surface area contributed by atoms with Crippen LogP contribution in [0.5, 0.6) is 0 Å². The molecule has 0 saturated carbocycles. The summed E-state index contributed by atoms with van der Waals surface area (Å²) >= 11 is 0. The largest absolute Gasteiger partial charge is 0.342 e. The van der Waals surface area contributed by atoms with E-state index in [1.54, 1.807) is 24.3 Å². The van der Waals surface area contributed by atoms with Crippen LogP contribution in [0.15, 0.2) is 29.2 Å². The third-order valence-electron chi connectivity index (χ3n) is 5.86. The third-order valence-corrected chi connectivity index (χ3v) is 7.69. The summed E-state index contributed by atoms with van der Waals surface area (Å²) in [6.45, 7) is 5.69. The highest BCUT2D eigenvalue weighted by atomic mass is 32.2. The lowest BCUT2D eigenvalue weighted by Crippen LogP contribution is -2.35. The molecule has 0 spiro atoms. The first-order chi connectivity index (χ1) is 12.3. The summed E-state index contributed by atoms with van der Waals surface area (Å²) in [6.07, 6.45) is 2.13. The highest BCUT2D eigenvalue weighted by Gasteiger charge is 2.32. The van der Waals surface area contributed by atoms with Crippen LogP contribution in [0.4, 0.5) is 0 Å². The summed E-state index contributed by atoms with van der Waals surface area (Å²) in [4.78, 5) is 15.2. The molecule has 3 atom stereocenters. The molecule has 1 aromatic carbocycles. The molecule has 1 N–H and O–H groups in total. The van der Waals surface area contributed by atoms with Crippen molar-refractivity contribution in [2.75, 3.05) is 40.3 Å². The van der Waals surface area contributed by atoms with Crippen LogP contribution in [0.2, 0.25) is 0 Å². The molecule has 1 unspecified atom stereocenters. The minimum Gasteiger partial charge on any atom is -0.342 e. The average molecular weight is 380 g/mol. The highest BCUT2D eigenvalue weighted by Crippen LogP contribution is 2.29. The van der Waals surface area contributed by atoms with Gasteiger partial charge in [0.15, 0.2) is 0 Å². The van der Waals surface area contributed by atoms with E-state index in [1.807, 2.05) is 11.8 Å². The molecular formula is C19H29N3O3S. The predicted molar refractivity (Wildman–Crippen MR) is 101 cm³/mol. The van der Waals surface area contributed by atoms with Crippen molar-refractivity contribution in [2.24, 2.45) is 11.8 Å². The van der Waals surface area contributed by atoms with Gasteiger partial charge >= 0.3 is 0 Å². The monoisotopic (exact) mass is 379 g/mol. The molecule has 2 saturated heterocycles. The van der Waals surface area contributed by atoms with Crippen LogP contribution >= 0.6 is 0 Å². The van der Waals surface area contributed by atoms with Gasteiger partial charge in [-0.1, -0.05) is 12.1 Å². The Labute approximate surface area is 156 Å². The maximum absolute atomic E-state index is 12.9. The lowest BCUT2D eigenvalue weighted by Gasteiger charge is -2.25. The maximum atomic E-state index is 12.9. The molecule has 26 heavy (non-hydrogen) atoms. The highest BCUT2D eigenvalue weighted by molar-refractivity contribution is 7.89.